The highest BCUT2D eigenvalue weighted by molar-refractivity contribution is 7.94. The van der Waals surface area contributed by atoms with Crippen LogP contribution in [0.25, 0.3) is 10.6 Å². The Bertz CT molecular complexity index is 1020. The first-order valence-corrected chi connectivity index (χ1v) is 11.1. The normalized spacial score (nSPS) is 15.1. The van der Waals surface area contributed by atoms with Crippen molar-refractivity contribution in [3.8, 4) is 16.4 Å². The summed E-state index contributed by atoms with van der Waals surface area (Å²) >= 11 is 1.17. The molecule has 2 heterocycles. The van der Waals surface area contributed by atoms with Crippen LogP contribution in [0.15, 0.2) is 51.2 Å². The topological polar surface area (TPSA) is 81.4 Å². The molecule has 1 aliphatic rings. The summed E-state index contributed by atoms with van der Waals surface area (Å²) in [5.74, 6) is 2.43. The summed E-state index contributed by atoms with van der Waals surface area (Å²) in [4.78, 5) is 5.14. The Morgan fingerprint density at radius 3 is 2.59 bits per heavy atom. The van der Waals surface area contributed by atoms with Gasteiger partial charge in [0.15, 0.2) is 11.7 Å². The summed E-state index contributed by atoms with van der Waals surface area (Å²) in [5.41, 5.74) is 0.480. The van der Waals surface area contributed by atoms with E-state index in [2.05, 4.69) is 9.71 Å². The monoisotopic (exact) mass is 404 g/mol. The molecule has 0 amide bonds. The van der Waals surface area contributed by atoms with Crippen molar-refractivity contribution in [2.75, 3.05) is 11.8 Å². The van der Waals surface area contributed by atoms with Crippen molar-refractivity contribution < 1.29 is 17.6 Å². The third-order valence-electron chi connectivity index (χ3n) is 4.66. The molecule has 0 spiro atoms. The largest absolute Gasteiger partial charge is 0.497 e. The Morgan fingerprint density at radius 1 is 1.15 bits per heavy atom. The van der Waals surface area contributed by atoms with Crippen LogP contribution in [-0.4, -0.2) is 20.5 Å². The van der Waals surface area contributed by atoms with Gasteiger partial charge in [0.1, 0.15) is 9.96 Å². The summed E-state index contributed by atoms with van der Waals surface area (Å²) in [5, 5.41) is 0. The number of hydrogen-bond acceptors (Lipinski definition) is 6. The molecule has 27 heavy (non-hydrogen) atoms. The van der Waals surface area contributed by atoms with Crippen molar-refractivity contribution in [3.63, 3.8) is 0 Å². The number of anilines is 1. The lowest BCUT2D eigenvalue weighted by Gasteiger charge is -2.07. The number of hydrogen-bond donors (Lipinski definition) is 1. The lowest BCUT2D eigenvalue weighted by molar-refractivity contribution is 0.415. The molecule has 1 aromatic carbocycles. The minimum Gasteiger partial charge on any atom is -0.497 e. The first kappa shape index (κ1) is 18.1. The number of benzene rings is 1. The Morgan fingerprint density at radius 2 is 1.89 bits per heavy atom. The summed E-state index contributed by atoms with van der Waals surface area (Å²) in [6, 6.07) is 10.1. The van der Waals surface area contributed by atoms with Crippen molar-refractivity contribution in [1.29, 1.82) is 0 Å². The van der Waals surface area contributed by atoms with E-state index in [0.717, 1.165) is 23.6 Å². The van der Waals surface area contributed by atoms with E-state index in [-0.39, 0.29) is 4.21 Å². The number of nitrogens with one attached hydrogen (secondary N) is 1. The van der Waals surface area contributed by atoms with E-state index in [1.165, 1.54) is 24.2 Å². The summed E-state index contributed by atoms with van der Waals surface area (Å²) in [6.07, 6.45) is 6.32. The minimum absolute atomic E-state index is 0.229. The molecule has 0 aliphatic heterocycles. The Balaban J connectivity index is 1.52. The second-order valence-electron chi connectivity index (χ2n) is 6.50. The maximum Gasteiger partial charge on any atom is 0.271 e. The molecule has 0 unspecified atom stereocenters. The molecule has 8 heteroatoms. The predicted octanol–water partition coefficient (Wildman–Crippen LogP) is 4.87. The van der Waals surface area contributed by atoms with Gasteiger partial charge in [-0.2, -0.15) is 0 Å². The SMILES string of the molecule is COc1ccc(NS(=O)(=O)c2ccc(-c3cnc(C4CCCC4)o3)s2)cc1. The number of nitrogens with zero attached hydrogens (tertiary/aromatic N) is 1. The van der Waals surface area contributed by atoms with Gasteiger partial charge in [0, 0.05) is 11.6 Å². The van der Waals surface area contributed by atoms with Crippen molar-refractivity contribution >= 4 is 27.0 Å². The lowest BCUT2D eigenvalue weighted by atomic mass is 10.1. The Hall–Kier alpha value is -2.32. The van der Waals surface area contributed by atoms with Crippen LogP contribution in [0.5, 0.6) is 5.75 Å². The van der Waals surface area contributed by atoms with Gasteiger partial charge in [0.05, 0.1) is 18.2 Å². The van der Waals surface area contributed by atoms with Crippen LogP contribution in [-0.2, 0) is 10.0 Å². The van der Waals surface area contributed by atoms with E-state index in [9.17, 15) is 8.42 Å². The summed E-state index contributed by atoms with van der Waals surface area (Å²) in [6.45, 7) is 0. The molecular weight excluding hydrogens is 384 g/mol. The van der Waals surface area contributed by atoms with Gasteiger partial charge in [0.2, 0.25) is 0 Å². The average Bonchev–Trinajstić information content (AvgIpc) is 3.42. The fourth-order valence-corrected chi connectivity index (χ4v) is 5.54. The van der Waals surface area contributed by atoms with Crippen LogP contribution < -0.4 is 9.46 Å². The van der Waals surface area contributed by atoms with Crippen molar-refractivity contribution in [2.24, 2.45) is 0 Å². The second kappa shape index (κ2) is 7.36. The first-order valence-electron chi connectivity index (χ1n) is 8.78. The molecule has 4 rings (SSSR count). The van der Waals surface area contributed by atoms with Gasteiger partial charge in [-0.05, 0) is 49.2 Å². The van der Waals surface area contributed by atoms with Crippen LogP contribution in [0, 0.1) is 0 Å². The van der Waals surface area contributed by atoms with Gasteiger partial charge < -0.3 is 9.15 Å². The maximum absolute atomic E-state index is 12.6. The Labute approximate surface area is 162 Å². The van der Waals surface area contributed by atoms with E-state index >= 15 is 0 Å². The van der Waals surface area contributed by atoms with Crippen molar-refractivity contribution in [2.45, 2.75) is 35.8 Å². The van der Waals surface area contributed by atoms with Gasteiger partial charge >= 0.3 is 0 Å². The number of sulfonamides is 1. The highest BCUT2D eigenvalue weighted by Gasteiger charge is 2.23. The van der Waals surface area contributed by atoms with E-state index in [1.54, 1.807) is 49.7 Å². The van der Waals surface area contributed by atoms with Crippen LogP contribution >= 0.6 is 11.3 Å². The molecule has 1 N–H and O–H groups in total. The zero-order chi connectivity index (χ0) is 18.9. The number of methoxy groups -OCH3 is 1. The van der Waals surface area contributed by atoms with Gasteiger partial charge in [-0.25, -0.2) is 13.4 Å². The van der Waals surface area contributed by atoms with Crippen LogP contribution in [0.2, 0.25) is 0 Å². The minimum atomic E-state index is -3.66. The van der Waals surface area contributed by atoms with E-state index in [4.69, 9.17) is 9.15 Å². The summed E-state index contributed by atoms with van der Waals surface area (Å²) in [7, 11) is -2.10. The first-order chi connectivity index (χ1) is 13.0. The number of ether oxygens (including phenoxy) is 1. The van der Waals surface area contributed by atoms with Crippen LogP contribution in [0.3, 0.4) is 0 Å². The number of oxazole rings is 1. The molecule has 0 radical (unpaired) electrons. The molecule has 1 aliphatic carbocycles. The Kier molecular flexibility index (Phi) is 4.92. The molecular formula is C19H20N2O4S2. The second-order valence-corrected chi connectivity index (χ2v) is 9.49. The van der Waals surface area contributed by atoms with E-state index in [0.29, 0.717) is 23.1 Å². The zero-order valence-corrected chi connectivity index (χ0v) is 16.5. The highest BCUT2D eigenvalue weighted by Crippen LogP contribution is 2.37. The van der Waals surface area contributed by atoms with Crippen LogP contribution in [0.1, 0.15) is 37.5 Å². The highest BCUT2D eigenvalue weighted by atomic mass is 32.2. The fraction of sp³-hybridized carbons (Fsp3) is 0.316. The van der Waals surface area contributed by atoms with Gasteiger partial charge in [0.25, 0.3) is 10.0 Å². The zero-order valence-electron chi connectivity index (χ0n) is 14.8. The van der Waals surface area contributed by atoms with Crippen molar-refractivity contribution in [1.82, 2.24) is 4.98 Å². The van der Waals surface area contributed by atoms with Crippen molar-refractivity contribution in [3.05, 3.63) is 48.5 Å². The van der Waals surface area contributed by atoms with Gasteiger partial charge in [-0.15, -0.1) is 11.3 Å². The summed E-state index contributed by atoms with van der Waals surface area (Å²) < 4.78 is 39.1. The van der Waals surface area contributed by atoms with Gasteiger partial charge in [-0.1, -0.05) is 12.8 Å². The average molecular weight is 405 g/mol. The number of rotatable bonds is 6. The smallest absolute Gasteiger partial charge is 0.271 e. The fourth-order valence-electron chi connectivity index (χ4n) is 3.22. The molecule has 142 valence electrons. The van der Waals surface area contributed by atoms with Gasteiger partial charge in [-0.3, -0.25) is 4.72 Å². The lowest BCUT2D eigenvalue weighted by Crippen LogP contribution is -2.11. The quantitative estimate of drug-likeness (QED) is 0.634. The standard InChI is InChI=1S/C19H20N2O4S2/c1-24-15-8-6-14(7-9-15)21-27(22,23)18-11-10-17(26-18)16-12-20-19(25-16)13-4-2-3-5-13/h6-13,21H,2-5H2,1H3. The molecule has 6 nitrogen and oxygen atoms in total. The third-order valence-corrected chi connectivity index (χ3v) is 7.63. The predicted molar refractivity (Wildman–Crippen MR) is 105 cm³/mol. The molecule has 0 saturated heterocycles. The third kappa shape index (κ3) is 3.86. The maximum atomic E-state index is 12.6. The van der Waals surface area contributed by atoms with E-state index in [1.807, 2.05) is 0 Å². The van der Waals surface area contributed by atoms with E-state index < -0.39 is 10.0 Å². The molecule has 3 aromatic rings. The van der Waals surface area contributed by atoms with Crippen LogP contribution in [0.4, 0.5) is 5.69 Å². The molecule has 1 saturated carbocycles. The number of thiophene rings is 1. The molecule has 1 fully saturated rings. The number of aromatic nitrogens is 1. The molecule has 0 bridgehead atoms. The molecule has 2 aromatic heterocycles. The molecule has 0 atom stereocenters.